The van der Waals surface area contributed by atoms with Gasteiger partial charge in [0.1, 0.15) is 0 Å². The number of nitrogens with zero attached hydrogens (tertiary/aromatic N) is 1. The van der Waals surface area contributed by atoms with E-state index >= 15 is 0 Å². The number of hydrogen-bond acceptors (Lipinski definition) is 5. The van der Waals surface area contributed by atoms with Gasteiger partial charge in [0.05, 0.1) is 20.1 Å². The van der Waals surface area contributed by atoms with Crippen molar-refractivity contribution in [2.75, 3.05) is 13.6 Å². The van der Waals surface area contributed by atoms with E-state index in [2.05, 4.69) is 21.2 Å². The van der Waals surface area contributed by atoms with E-state index in [1.54, 1.807) is 24.3 Å². The number of nitrogens with one attached hydrogen (secondary N) is 1. The molecule has 2 amide bonds. The average molecular weight is 446 g/mol. The molecule has 1 aromatic heterocycles. The first kappa shape index (κ1) is 19.6. The van der Waals surface area contributed by atoms with Crippen molar-refractivity contribution in [3.8, 4) is 0 Å². The van der Waals surface area contributed by atoms with Crippen molar-refractivity contribution in [3.05, 3.63) is 50.6 Å². The van der Waals surface area contributed by atoms with Crippen LogP contribution in [0.5, 0.6) is 0 Å². The SMILES string of the molecule is CN(CC(=O)NCc1cccc(S(N)(=O)=O)c1)C(=O)c1ccc(Br)s1. The van der Waals surface area contributed by atoms with Gasteiger partial charge in [-0.05, 0) is 45.8 Å². The van der Waals surface area contributed by atoms with Crippen molar-refractivity contribution in [1.82, 2.24) is 10.2 Å². The van der Waals surface area contributed by atoms with Gasteiger partial charge in [0.25, 0.3) is 5.91 Å². The van der Waals surface area contributed by atoms with Crippen molar-refractivity contribution in [2.24, 2.45) is 5.14 Å². The number of primary sulfonamides is 1. The van der Waals surface area contributed by atoms with Crippen LogP contribution in [0.25, 0.3) is 0 Å². The predicted molar refractivity (Wildman–Crippen MR) is 98.6 cm³/mol. The van der Waals surface area contributed by atoms with Crippen LogP contribution in [0.15, 0.2) is 45.1 Å². The molecule has 0 unspecified atom stereocenters. The third kappa shape index (κ3) is 5.63. The standard InChI is InChI=1S/C15H16BrN3O4S2/c1-19(15(21)12-5-6-13(16)24-12)9-14(20)18-8-10-3-2-4-11(7-10)25(17,22)23/h2-7H,8-9H2,1H3,(H,18,20)(H2,17,22,23). The minimum absolute atomic E-state index is 0.0187. The quantitative estimate of drug-likeness (QED) is 0.702. The molecule has 25 heavy (non-hydrogen) atoms. The van der Waals surface area contributed by atoms with Crippen LogP contribution in [-0.4, -0.2) is 38.7 Å². The van der Waals surface area contributed by atoms with Crippen molar-refractivity contribution < 1.29 is 18.0 Å². The second-order valence-electron chi connectivity index (χ2n) is 5.23. The fraction of sp³-hybridized carbons (Fsp3) is 0.200. The molecule has 134 valence electrons. The number of carbonyl (C=O) groups is 2. The second kappa shape index (κ2) is 8.09. The maximum absolute atomic E-state index is 12.2. The smallest absolute Gasteiger partial charge is 0.264 e. The van der Waals surface area contributed by atoms with Gasteiger partial charge in [-0.25, -0.2) is 13.6 Å². The normalized spacial score (nSPS) is 11.2. The van der Waals surface area contributed by atoms with Crippen LogP contribution in [0.3, 0.4) is 0 Å². The number of thiophene rings is 1. The van der Waals surface area contributed by atoms with Crippen LogP contribution in [0.1, 0.15) is 15.2 Å². The summed E-state index contributed by atoms with van der Waals surface area (Å²) in [4.78, 5) is 26.0. The summed E-state index contributed by atoms with van der Waals surface area (Å²) >= 11 is 4.58. The minimum atomic E-state index is -3.79. The van der Waals surface area contributed by atoms with Gasteiger partial charge in [0, 0.05) is 13.6 Å². The van der Waals surface area contributed by atoms with Crippen LogP contribution in [0, 0.1) is 0 Å². The maximum atomic E-state index is 12.2. The van der Waals surface area contributed by atoms with E-state index in [4.69, 9.17) is 5.14 Å². The number of carbonyl (C=O) groups excluding carboxylic acids is 2. The summed E-state index contributed by atoms with van der Waals surface area (Å²) in [5, 5.41) is 7.72. The number of halogens is 1. The highest BCUT2D eigenvalue weighted by molar-refractivity contribution is 9.11. The van der Waals surface area contributed by atoms with Crippen molar-refractivity contribution in [3.63, 3.8) is 0 Å². The highest BCUT2D eigenvalue weighted by atomic mass is 79.9. The highest BCUT2D eigenvalue weighted by Gasteiger charge is 2.16. The summed E-state index contributed by atoms with van der Waals surface area (Å²) in [6.07, 6.45) is 0. The zero-order valence-corrected chi connectivity index (χ0v) is 16.4. The molecule has 0 saturated carbocycles. The van der Waals surface area contributed by atoms with Gasteiger partial charge in [-0.15, -0.1) is 11.3 Å². The number of benzene rings is 1. The Morgan fingerprint density at radius 2 is 2.00 bits per heavy atom. The van der Waals surface area contributed by atoms with E-state index in [9.17, 15) is 18.0 Å². The lowest BCUT2D eigenvalue weighted by molar-refractivity contribution is -0.121. The monoisotopic (exact) mass is 445 g/mol. The van der Waals surface area contributed by atoms with Gasteiger partial charge in [-0.1, -0.05) is 12.1 Å². The zero-order valence-electron chi connectivity index (χ0n) is 13.2. The van der Waals surface area contributed by atoms with Crippen LogP contribution in [0.2, 0.25) is 0 Å². The van der Waals surface area contributed by atoms with Gasteiger partial charge in [0.15, 0.2) is 0 Å². The molecule has 0 aliphatic heterocycles. The van der Waals surface area contributed by atoms with Crippen molar-refractivity contribution in [1.29, 1.82) is 0 Å². The van der Waals surface area contributed by atoms with E-state index in [-0.39, 0.29) is 29.8 Å². The van der Waals surface area contributed by atoms with Gasteiger partial charge >= 0.3 is 0 Å². The summed E-state index contributed by atoms with van der Waals surface area (Å²) in [6, 6.07) is 9.45. The Labute approximate surface area is 158 Å². The molecule has 2 rings (SSSR count). The Hall–Kier alpha value is -1.75. The molecule has 2 aromatic rings. The molecule has 10 heteroatoms. The largest absolute Gasteiger partial charge is 0.350 e. The topological polar surface area (TPSA) is 110 Å². The van der Waals surface area contributed by atoms with Gasteiger partial charge in [-0.2, -0.15) is 0 Å². The van der Waals surface area contributed by atoms with Gasteiger partial charge in [-0.3, -0.25) is 9.59 Å². The summed E-state index contributed by atoms with van der Waals surface area (Å²) < 4.78 is 23.5. The first-order valence-electron chi connectivity index (χ1n) is 7.06. The minimum Gasteiger partial charge on any atom is -0.350 e. The molecular formula is C15H16BrN3O4S2. The zero-order chi connectivity index (χ0) is 18.6. The molecule has 0 fully saturated rings. The summed E-state index contributed by atoms with van der Waals surface area (Å²) in [5.41, 5.74) is 0.594. The maximum Gasteiger partial charge on any atom is 0.264 e. The molecule has 0 radical (unpaired) electrons. The Kier molecular flexibility index (Phi) is 6.33. The number of amides is 2. The number of likely N-dealkylation sites (N-methyl/N-ethyl adjacent to an activating group) is 1. The number of sulfonamides is 1. The van der Waals surface area contributed by atoms with Crippen molar-refractivity contribution in [2.45, 2.75) is 11.4 Å². The van der Waals surface area contributed by atoms with Crippen LogP contribution < -0.4 is 10.5 Å². The van der Waals surface area contributed by atoms with Crippen LogP contribution >= 0.6 is 27.3 Å². The second-order valence-corrected chi connectivity index (χ2v) is 9.26. The molecule has 0 atom stereocenters. The van der Waals surface area contributed by atoms with E-state index in [1.807, 2.05) is 0 Å². The predicted octanol–water partition coefficient (Wildman–Crippen LogP) is 1.55. The van der Waals surface area contributed by atoms with Gasteiger partial charge < -0.3 is 10.2 Å². The van der Waals surface area contributed by atoms with Crippen LogP contribution in [-0.2, 0) is 21.4 Å². The fourth-order valence-electron chi connectivity index (χ4n) is 1.99. The third-order valence-electron chi connectivity index (χ3n) is 3.23. The first-order valence-corrected chi connectivity index (χ1v) is 10.2. The average Bonchev–Trinajstić information content (AvgIpc) is 2.98. The molecule has 3 N–H and O–H groups in total. The highest BCUT2D eigenvalue weighted by Crippen LogP contribution is 2.22. The van der Waals surface area contributed by atoms with E-state index in [1.165, 1.54) is 35.4 Å². The lowest BCUT2D eigenvalue weighted by Gasteiger charge is -2.16. The van der Waals surface area contributed by atoms with Crippen molar-refractivity contribution >= 4 is 49.1 Å². The Morgan fingerprint density at radius 1 is 1.28 bits per heavy atom. The molecule has 1 aromatic carbocycles. The molecule has 0 spiro atoms. The molecule has 0 aliphatic carbocycles. The molecule has 1 heterocycles. The Balaban J connectivity index is 1.91. The molecule has 0 aliphatic rings. The molecule has 0 saturated heterocycles. The molecule has 7 nitrogen and oxygen atoms in total. The summed E-state index contributed by atoms with van der Waals surface area (Å²) in [5.74, 6) is -0.602. The first-order chi connectivity index (χ1) is 11.7. The number of rotatable bonds is 6. The Morgan fingerprint density at radius 3 is 2.60 bits per heavy atom. The lowest BCUT2D eigenvalue weighted by Crippen LogP contribution is -2.37. The Bertz CT molecular complexity index is 896. The number of nitrogens with two attached hydrogens (primary N) is 1. The van der Waals surface area contributed by atoms with Gasteiger partial charge in [0.2, 0.25) is 15.9 Å². The molecular weight excluding hydrogens is 430 g/mol. The lowest BCUT2D eigenvalue weighted by atomic mass is 10.2. The van der Waals surface area contributed by atoms with Crippen LogP contribution in [0.4, 0.5) is 0 Å². The summed E-state index contributed by atoms with van der Waals surface area (Å²) in [7, 11) is -2.25. The third-order valence-corrected chi connectivity index (χ3v) is 5.75. The van der Waals surface area contributed by atoms with E-state index in [0.29, 0.717) is 10.4 Å². The van der Waals surface area contributed by atoms with E-state index < -0.39 is 10.0 Å². The van der Waals surface area contributed by atoms with E-state index in [0.717, 1.165) is 3.79 Å². The molecule has 0 bridgehead atoms. The fourth-order valence-corrected chi connectivity index (χ4v) is 3.96. The summed E-state index contributed by atoms with van der Waals surface area (Å²) in [6.45, 7) is 0.0258. The number of hydrogen-bond donors (Lipinski definition) is 2.